The van der Waals surface area contributed by atoms with Gasteiger partial charge in [-0.2, -0.15) is 0 Å². The van der Waals surface area contributed by atoms with Crippen molar-refractivity contribution in [1.82, 2.24) is 15.0 Å². The molecule has 0 bridgehead atoms. The summed E-state index contributed by atoms with van der Waals surface area (Å²) in [5, 5.41) is 0. The van der Waals surface area contributed by atoms with E-state index in [1.807, 2.05) is 18.6 Å². The first-order chi connectivity index (χ1) is 54.3. The third kappa shape index (κ3) is 24.7. The summed E-state index contributed by atoms with van der Waals surface area (Å²) in [6.45, 7) is 13.8. The first-order valence-electron chi connectivity index (χ1n) is 43.7. The number of unbranched alkanes of at least 4 members (excludes halogenated alkanes) is 30. The molecule has 3 aliphatic rings. The standard InChI is InChI=1S/3C34H42Br2N.Ir/c3*1-3-5-7-9-11-13-21-34(22-14-12-10-8-6-4-2)31-23-26(33-20-17-28(36)25-37-33)15-18-29(31)30-19-16-27(35)24-32(30)34;/h3*16-20,23-25H,3-14,21-22H2,1-2H3;/q3*-1;+3. The Labute approximate surface area is 742 Å². The Balaban J connectivity index is 0.000000192. The van der Waals surface area contributed by atoms with Gasteiger partial charge in [-0.25, -0.2) is 0 Å². The van der Waals surface area contributed by atoms with Crippen LogP contribution in [0.2, 0.25) is 0 Å². The minimum absolute atomic E-state index is 0. The van der Waals surface area contributed by atoms with E-state index < -0.39 is 0 Å². The van der Waals surface area contributed by atoms with Gasteiger partial charge in [-0.1, -0.05) is 408 Å². The Bertz CT molecular complexity index is 3800. The number of aromatic nitrogens is 3. The maximum atomic E-state index is 4.71. The Kier molecular flexibility index (Phi) is 39.8. The molecule has 12 rings (SSSR count). The van der Waals surface area contributed by atoms with Crippen LogP contribution in [0, 0.1) is 18.2 Å². The number of halogens is 6. The topological polar surface area (TPSA) is 38.7 Å². The van der Waals surface area contributed by atoms with E-state index in [4.69, 9.17) is 15.0 Å². The summed E-state index contributed by atoms with van der Waals surface area (Å²) in [6, 6.07) is 58.2. The minimum Gasteiger partial charge on any atom is -0.304 e. The van der Waals surface area contributed by atoms with Crippen molar-refractivity contribution in [3.05, 3.63) is 224 Å². The van der Waals surface area contributed by atoms with E-state index in [0.717, 1.165) is 47.2 Å². The van der Waals surface area contributed by atoms with Crippen molar-refractivity contribution < 1.29 is 20.1 Å². The molecule has 0 atom stereocenters. The van der Waals surface area contributed by atoms with E-state index in [1.54, 1.807) is 0 Å². The number of nitrogens with zero attached hydrogens (tertiary/aromatic N) is 3. The molecule has 9 aromatic rings. The van der Waals surface area contributed by atoms with Crippen LogP contribution in [0.25, 0.3) is 67.2 Å². The second-order valence-corrected chi connectivity index (χ2v) is 38.0. The molecule has 0 unspecified atom stereocenters. The molecule has 0 amide bonds. The Morgan fingerprint density at radius 2 is 0.429 bits per heavy atom. The normalized spacial score (nSPS) is 13.4. The van der Waals surface area contributed by atoms with Gasteiger partial charge in [0.2, 0.25) is 0 Å². The molecule has 0 radical (unpaired) electrons. The van der Waals surface area contributed by atoms with Crippen molar-refractivity contribution in [2.45, 2.75) is 327 Å². The maximum absolute atomic E-state index is 4.71. The Hall–Kier alpha value is -3.70. The van der Waals surface area contributed by atoms with Crippen LogP contribution >= 0.6 is 95.6 Å². The molecule has 3 aliphatic carbocycles. The Morgan fingerprint density at radius 3 is 0.634 bits per heavy atom. The van der Waals surface area contributed by atoms with Gasteiger partial charge in [-0.3, -0.25) is 0 Å². The zero-order valence-corrected chi connectivity index (χ0v) is 80.4. The van der Waals surface area contributed by atoms with Crippen LogP contribution in [0.4, 0.5) is 0 Å². The summed E-state index contributed by atoms with van der Waals surface area (Å²) in [7, 11) is 0. The van der Waals surface area contributed by atoms with E-state index >= 15 is 0 Å². The average Bonchev–Trinajstić information content (AvgIpc) is 1.58. The number of hydrogen-bond donors (Lipinski definition) is 0. The van der Waals surface area contributed by atoms with E-state index in [1.165, 1.54) is 350 Å². The summed E-state index contributed by atoms with van der Waals surface area (Å²) >= 11 is 22.1. The van der Waals surface area contributed by atoms with E-state index in [-0.39, 0.29) is 36.4 Å². The molecule has 112 heavy (non-hydrogen) atoms. The minimum atomic E-state index is 0. The van der Waals surface area contributed by atoms with Crippen LogP contribution in [-0.2, 0) is 36.4 Å². The maximum Gasteiger partial charge on any atom is 3.00 e. The molecule has 0 N–H and O–H groups in total. The molecular weight excluding hydrogens is 1940 g/mol. The van der Waals surface area contributed by atoms with Gasteiger partial charge < -0.3 is 15.0 Å². The fraction of sp³-hybridized carbons (Fsp3) is 0.500. The van der Waals surface area contributed by atoms with Crippen LogP contribution in [-0.4, -0.2) is 15.0 Å². The number of rotatable bonds is 45. The zero-order valence-electron chi connectivity index (χ0n) is 68.5. The summed E-state index contributed by atoms with van der Waals surface area (Å²) in [5.74, 6) is 0. The van der Waals surface area contributed by atoms with E-state index in [9.17, 15) is 0 Å². The average molecular weight is 2070 g/mol. The van der Waals surface area contributed by atoms with Gasteiger partial charge in [0.25, 0.3) is 0 Å². The van der Waals surface area contributed by atoms with Crippen LogP contribution in [0.15, 0.2) is 173 Å². The van der Waals surface area contributed by atoms with Crippen molar-refractivity contribution in [2.24, 2.45) is 0 Å². The summed E-state index contributed by atoms with van der Waals surface area (Å²) < 4.78 is 6.59. The molecule has 6 aromatic carbocycles. The molecular formula is C102H126Br6IrN3. The number of pyridine rings is 3. The smallest absolute Gasteiger partial charge is 0.304 e. The third-order valence-corrected chi connectivity index (χ3v) is 27.4. The van der Waals surface area contributed by atoms with Crippen molar-refractivity contribution in [2.75, 3.05) is 0 Å². The van der Waals surface area contributed by atoms with Crippen molar-refractivity contribution in [3.8, 4) is 67.2 Å². The molecule has 3 heterocycles. The fourth-order valence-electron chi connectivity index (χ4n) is 18.5. The third-order valence-electron chi connectivity index (χ3n) is 24.5. The Morgan fingerprint density at radius 1 is 0.232 bits per heavy atom. The van der Waals surface area contributed by atoms with Crippen molar-refractivity contribution in [3.63, 3.8) is 0 Å². The monoisotopic (exact) mass is 2060 g/mol. The van der Waals surface area contributed by atoms with Crippen LogP contribution in [0.5, 0.6) is 0 Å². The first kappa shape index (κ1) is 92.2. The van der Waals surface area contributed by atoms with Gasteiger partial charge >= 0.3 is 20.1 Å². The molecule has 3 aromatic heterocycles. The van der Waals surface area contributed by atoms with Gasteiger partial charge in [0.05, 0.1) is 0 Å². The SMILES string of the molecule is CCCCCCCCC1(CCCCCCCC)c2cc(-c3ccc(Br)cn3)[c-]cc2-c2ccc(Br)cc21.CCCCCCCCC1(CCCCCCCC)c2cc(-c3ccc(Br)cn3)[c-]cc2-c2ccc(Br)cc21.CCCCCCCCC1(CCCCCCCC)c2cc(-c3ccc(Br)cn3)[c-]cc2-c2ccc(Br)cc21.[Ir+3]. The number of fused-ring (bicyclic) bond motifs is 9. The molecule has 0 aliphatic heterocycles. The molecule has 0 fully saturated rings. The van der Waals surface area contributed by atoms with E-state index in [2.05, 4.69) is 283 Å². The molecule has 600 valence electrons. The molecule has 10 heteroatoms. The largest absolute Gasteiger partial charge is 3.00 e. The van der Waals surface area contributed by atoms with Gasteiger partial charge in [0, 0.05) is 61.7 Å². The zero-order chi connectivity index (χ0) is 78.3. The van der Waals surface area contributed by atoms with Gasteiger partial charge in [-0.15, -0.1) is 88.0 Å². The predicted octanol–water partition coefficient (Wildman–Crippen LogP) is 35.5. The van der Waals surface area contributed by atoms with Crippen LogP contribution < -0.4 is 0 Å². The van der Waals surface area contributed by atoms with Crippen molar-refractivity contribution >= 4 is 95.6 Å². The summed E-state index contributed by atoms with van der Waals surface area (Å²) in [6.07, 6.45) is 61.1. The van der Waals surface area contributed by atoms with Gasteiger partial charge in [0.1, 0.15) is 0 Å². The quantitative estimate of drug-likeness (QED) is 0.0282. The van der Waals surface area contributed by atoms with Crippen LogP contribution in [0.1, 0.15) is 345 Å². The number of benzene rings is 6. The second kappa shape index (κ2) is 48.4. The van der Waals surface area contributed by atoms with Crippen LogP contribution in [0.3, 0.4) is 0 Å². The van der Waals surface area contributed by atoms with E-state index in [0.29, 0.717) is 0 Å². The molecule has 3 nitrogen and oxygen atoms in total. The predicted molar refractivity (Wildman–Crippen MR) is 498 cm³/mol. The molecule has 0 saturated carbocycles. The number of hydrogen-bond acceptors (Lipinski definition) is 3. The summed E-state index contributed by atoms with van der Waals surface area (Å²) in [4.78, 5) is 14.1. The molecule has 0 spiro atoms. The van der Waals surface area contributed by atoms with Gasteiger partial charge in [-0.05, 0) is 156 Å². The second-order valence-electron chi connectivity index (χ2n) is 32.5. The fourth-order valence-corrected chi connectivity index (χ4v) is 20.3. The van der Waals surface area contributed by atoms with Crippen molar-refractivity contribution in [1.29, 1.82) is 0 Å². The molecule has 0 saturated heterocycles. The first-order valence-corrected chi connectivity index (χ1v) is 48.5. The van der Waals surface area contributed by atoms with Gasteiger partial charge in [0.15, 0.2) is 0 Å². The summed E-state index contributed by atoms with van der Waals surface area (Å²) in [5.41, 5.74) is 23.9.